The van der Waals surface area contributed by atoms with E-state index in [4.69, 9.17) is 14.2 Å². The summed E-state index contributed by atoms with van der Waals surface area (Å²) >= 11 is 0. The van der Waals surface area contributed by atoms with E-state index >= 15 is 0 Å². The van der Waals surface area contributed by atoms with Crippen LogP contribution in [0, 0.1) is 6.92 Å². The van der Waals surface area contributed by atoms with Gasteiger partial charge in [0.2, 0.25) is 0 Å². The lowest BCUT2D eigenvalue weighted by Crippen LogP contribution is -2.25. The second-order valence-electron chi connectivity index (χ2n) is 4.69. The molecule has 0 bridgehead atoms. The quantitative estimate of drug-likeness (QED) is 0.741. The third-order valence-electron chi connectivity index (χ3n) is 2.80. The zero-order chi connectivity index (χ0) is 14.5. The maximum Gasteiger partial charge on any atom is 0.306 e. The van der Waals surface area contributed by atoms with Gasteiger partial charge < -0.3 is 14.2 Å². The van der Waals surface area contributed by atoms with Crippen molar-refractivity contribution in [1.82, 2.24) is 0 Å². The first-order valence-corrected chi connectivity index (χ1v) is 6.17. The van der Waals surface area contributed by atoms with E-state index in [1.807, 2.05) is 26.0 Å². The molecule has 0 amide bonds. The summed E-state index contributed by atoms with van der Waals surface area (Å²) in [7, 11) is 3.17. The molecule has 0 saturated carbocycles. The highest BCUT2D eigenvalue weighted by Crippen LogP contribution is 2.32. The van der Waals surface area contributed by atoms with Crippen LogP contribution in [0.2, 0.25) is 0 Å². The Labute approximate surface area is 114 Å². The van der Waals surface area contributed by atoms with Gasteiger partial charge in [-0.25, -0.2) is 0 Å². The van der Waals surface area contributed by atoms with Gasteiger partial charge in [0, 0.05) is 18.1 Å². The SMILES string of the molecule is [CH2]CCC(=O)OC(C)(C)c1cc(OC)cc(OC)c1. The van der Waals surface area contributed by atoms with Crippen molar-refractivity contribution in [2.75, 3.05) is 14.2 Å². The lowest BCUT2D eigenvalue weighted by Gasteiger charge is -2.26. The zero-order valence-corrected chi connectivity index (χ0v) is 12.0. The van der Waals surface area contributed by atoms with Gasteiger partial charge >= 0.3 is 5.97 Å². The highest BCUT2D eigenvalue weighted by atomic mass is 16.6. The lowest BCUT2D eigenvalue weighted by molar-refractivity contribution is -0.157. The minimum absolute atomic E-state index is 0.262. The number of ether oxygens (including phenoxy) is 3. The Morgan fingerprint density at radius 3 is 2.11 bits per heavy atom. The van der Waals surface area contributed by atoms with Crippen molar-refractivity contribution in [3.05, 3.63) is 30.7 Å². The second-order valence-corrected chi connectivity index (χ2v) is 4.69. The van der Waals surface area contributed by atoms with Gasteiger partial charge in [-0.05, 0) is 32.4 Å². The van der Waals surface area contributed by atoms with E-state index in [9.17, 15) is 4.79 Å². The van der Waals surface area contributed by atoms with Crippen molar-refractivity contribution in [3.8, 4) is 11.5 Å². The van der Waals surface area contributed by atoms with E-state index in [1.165, 1.54) is 0 Å². The summed E-state index contributed by atoms with van der Waals surface area (Å²) in [6, 6.07) is 5.44. The van der Waals surface area contributed by atoms with Crippen LogP contribution in [-0.2, 0) is 15.1 Å². The van der Waals surface area contributed by atoms with E-state index in [0.29, 0.717) is 24.3 Å². The molecule has 0 aliphatic carbocycles. The fourth-order valence-corrected chi connectivity index (χ4v) is 1.69. The van der Waals surface area contributed by atoms with Crippen LogP contribution >= 0.6 is 0 Å². The number of hydrogen-bond donors (Lipinski definition) is 0. The molecule has 0 unspecified atom stereocenters. The minimum atomic E-state index is -0.742. The normalized spacial score (nSPS) is 11.0. The molecule has 0 fully saturated rings. The molecular weight excluding hydrogens is 244 g/mol. The number of esters is 1. The number of benzene rings is 1. The van der Waals surface area contributed by atoms with Crippen LogP contribution < -0.4 is 9.47 Å². The molecule has 0 heterocycles. The molecular formula is C15H21O4. The Kier molecular flexibility index (Phi) is 5.21. The van der Waals surface area contributed by atoms with Gasteiger partial charge in [0.05, 0.1) is 14.2 Å². The summed E-state index contributed by atoms with van der Waals surface area (Å²) in [6.07, 6.45) is 0.834. The largest absolute Gasteiger partial charge is 0.497 e. The van der Waals surface area contributed by atoms with Crippen molar-refractivity contribution < 1.29 is 19.0 Å². The molecule has 0 aromatic heterocycles. The number of carbonyl (C=O) groups excluding carboxylic acids is 1. The zero-order valence-electron chi connectivity index (χ0n) is 12.0. The van der Waals surface area contributed by atoms with Crippen LogP contribution in [0.1, 0.15) is 32.3 Å². The highest BCUT2D eigenvalue weighted by molar-refractivity contribution is 5.70. The molecule has 19 heavy (non-hydrogen) atoms. The Morgan fingerprint density at radius 1 is 1.16 bits per heavy atom. The maximum absolute atomic E-state index is 11.6. The van der Waals surface area contributed by atoms with Crippen molar-refractivity contribution >= 4 is 5.97 Å². The molecule has 0 saturated heterocycles. The Hall–Kier alpha value is -1.71. The third kappa shape index (κ3) is 4.16. The first kappa shape index (κ1) is 15.3. The number of carbonyl (C=O) groups is 1. The number of methoxy groups -OCH3 is 2. The van der Waals surface area contributed by atoms with Gasteiger partial charge in [-0.2, -0.15) is 0 Å². The first-order valence-electron chi connectivity index (χ1n) is 6.17. The lowest BCUT2D eigenvalue weighted by atomic mass is 9.97. The van der Waals surface area contributed by atoms with E-state index in [2.05, 4.69) is 6.92 Å². The monoisotopic (exact) mass is 265 g/mol. The Balaban J connectivity index is 3.02. The summed E-state index contributed by atoms with van der Waals surface area (Å²) in [5.41, 5.74) is 0.0785. The average Bonchev–Trinajstić information content (AvgIpc) is 2.37. The Morgan fingerprint density at radius 2 is 1.68 bits per heavy atom. The summed E-state index contributed by atoms with van der Waals surface area (Å²) in [4.78, 5) is 11.6. The summed E-state index contributed by atoms with van der Waals surface area (Å²) in [5, 5.41) is 0. The number of rotatable bonds is 6. The van der Waals surface area contributed by atoms with Crippen molar-refractivity contribution in [1.29, 1.82) is 0 Å². The molecule has 0 aliphatic rings. The van der Waals surface area contributed by atoms with Crippen molar-refractivity contribution in [2.24, 2.45) is 0 Å². The van der Waals surface area contributed by atoms with Crippen LogP contribution in [0.3, 0.4) is 0 Å². The van der Waals surface area contributed by atoms with E-state index < -0.39 is 5.60 Å². The molecule has 0 atom stereocenters. The fourth-order valence-electron chi connectivity index (χ4n) is 1.69. The van der Waals surface area contributed by atoms with Crippen molar-refractivity contribution in [3.63, 3.8) is 0 Å². The van der Waals surface area contributed by atoms with E-state index in [1.54, 1.807) is 20.3 Å². The second kappa shape index (κ2) is 6.45. The van der Waals surface area contributed by atoms with Gasteiger partial charge in [-0.3, -0.25) is 4.79 Å². The minimum Gasteiger partial charge on any atom is -0.497 e. The van der Waals surface area contributed by atoms with Crippen molar-refractivity contribution in [2.45, 2.75) is 32.3 Å². The fraction of sp³-hybridized carbons (Fsp3) is 0.467. The smallest absolute Gasteiger partial charge is 0.306 e. The van der Waals surface area contributed by atoms with Crippen LogP contribution in [0.4, 0.5) is 0 Å². The van der Waals surface area contributed by atoms with E-state index in [-0.39, 0.29) is 5.97 Å². The van der Waals surface area contributed by atoms with Gasteiger partial charge in [0.15, 0.2) is 0 Å². The van der Waals surface area contributed by atoms with Gasteiger partial charge in [0.25, 0.3) is 0 Å². The van der Waals surface area contributed by atoms with Gasteiger partial charge in [-0.1, -0.05) is 6.92 Å². The predicted octanol–water partition coefficient (Wildman–Crippen LogP) is 3.10. The van der Waals surface area contributed by atoms with Gasteiger partial charge in [-0.15, -0.1) is 0 Å². The molecule has 4 nitrogen and oxygen atoms in total. The molecule has 1 rings (SSSR count). The molecule has 0 N–H and O–H groups in total. The van der Waals surface area contributed by atoms with Crippen LogP contribution in [0.15, 0.2) is 18.2 Å². The summed E-state index contributed by atoms with van der Waals surface area (Å²) in [6.45, 7) is 7.31. The number of hydrogen-bond acceptors (Lipinski definition) is 4. The third-order valence-corrected chi connectivity index (χ3v) is 2.80. The van der Waals surface area contributed by atoms with E-state index in [0.717, 1.165) is 5.56 Å². The van der Waals surface area contributed by atoms with Crippen LogP contribution in [-0.4, -0.2) is 20.2 Å². The standard InChI is InChI=1S/C15H21O4/c1-6-7-14(16)19-15(2,3)11-8-12(17-4)10-13(9-11)18-5/h8-10H,1,6-7H2,2-5H3. The molecule has 1 radical (unpaired) electrons. The molecule has 0 spiro atoms. The van der Waals surface area contributed by atoms with Gasteiger partial charge in [0.1, 0.15) is 17.1 Å². The molecule has 0 aliphatic heterocycles. The summed E-state index contributed by atoms with van der Waals surface area (Å²) < 4.78 is 15.9. The summed E-state index contributed by atoms with van der Waals surface area (Å²) in [5.74, 6) is 1.06. The maximum atomic E-state index is 11.6. The first-order chi connectivity index (χ1) is 8.92. The Bertz CT molecular complexity index is 416. The molecule has 105 valence electrons. The van der Waals surface area contributed by atoms with Crippen LogP contribution in [0.5, 0.6) is 11.5 Å². The average molecular weight is 265 g/mol. The predicted molar refractivity (Wildman–Crippen MR) is 73.3 cm³/mol. The molecule has 1 aromatic carbocycles. The molecule has 4 heteroatoms. The topological polar surface area (TPSA) is 44.8 Å². The molecule has 1 aromatic rings. The highest BCUT2D eigenvalue weighted by Gasteiger charge is 2.26. The van der Waals surface area contributed by atoms with Crippen LogP contribution in [0.25, 0.3) is 0 Å².